The van der Waals surface area contributed by atoms with Crippen LogP contribution < -0.4 is 9.47 Å². The molecular formula is C22H21ClF3N5O2. The number of alkyl halides is 3. The number of rotatable bonds is 4. The van der Waals surface area contributed by atoms with Gasteiger partial charge in [-0.1, -0.05) is 44.5 Å². The number of methoxy groups -OCH3 is 1. The van der Waals surface area contributed by atoms with Crippen molar-refractivity contribution < 1.29 is 22.6 Å². The van der Waals surface area contributed by atoms with Crippen LogP contribution in [0.1, 0.15) is 26.5 Å². The number of fused-ring (bicyclic) bond motifs is 1. The van der Waals surface area contributed by atoms with Crippen molar-refractivity contribution in [2.75, 3.05) is 7.11 Å². The van der Waals surface area contributed by atoms with Crippen molar-refractivity contribution in [2.24, 2.45) is 7.05 Å². The van der Waals surface area contributed by atoms with Crippen molar-refractivity contribution in [3.8, 4) is 34.4 Å². The van der Waals surface area contributed by atoms with E-state index in [9.17, 15) is 13.2 Å². The molecule has 0 bridgehead atoms. The van der Waals surface area contributed by atoms with Gasteiger partial charge in [-0.15, -0.1) is 13.2 Å². The fourth-order valence-corrected chi connectivity index (χ4v) is 4.04. The lowest BCUT2D eigenvalue weighted by Gasteiger charge is -2.15. The van der Waals surface area contributed by atoms with E-state index >= 15 is 0 Å². The fraction of sp³-hybridized carbons (Fsp3) is 0.318. The van der Waals surface area contributed by atoms with Crippen molar-refractivity contribution in [3.05, 3.63) is 41.0 Å². The number of benzene rings is 1. The highest BCUT2D eigenvalue weighted by molar-refractivity contribution is 6.33. The number of H-pyrrole nitrogens is 1. The number of ether oxygens (including phenoxy) is 2. The SMILES string of the molecule is COc1nc(-c2ccccc2OC(F)(F)F)cc2nc(-c3c(Cl)c(C(C)(C)C)nn3C)[nH]c12. The first-order valence-electron chi connectivity index (χ1n) is 9.92. The van der Waals surface area contributed by atoms with Gasteiger partial charge in [0.05, 0.1) is 29.0 Å². The van der Waals surface area contributed by atoms with Crippen molar-refractivity contribution in [3.63, 3.8) is 0 Å². The zero-order chi connectivity index (χ0) is 24.1. The predicted octanol–water partition coefficient (Wildman–Crippen LogP) is 5.88. The van der Waals surface area contributed by atoms with Crippen molar-refractivity contribution >= 4 is 22.6 Å². The highest BCUT2D eigenvalue weighted by Gasteiger charge is 2.32. The summed E-state index contributed by atoms with van der Waals surface area (Å²) in [5, 5.41) is 4.99. The van der Waals surface area contributed by atoms with Crippen LogP contribution in [0.5, 0.6) is 11.6 Å². The standard InChI is InChI=1S/C22H21ClF3N5O2/c1-21(2,3)18-15(23)17(31(4)30-18)19-27-13-10-12(28-20(32-5)16(13)29-19)11-8-6-7-9-14(11)33-22(24,25)26/h6-10H,1-5H3,(H,27,29). The average molecular weight is 480 g/mol. The molecular weight excluding hydrogens is 459 g/mol. The Morgan fingerprint density at radius 3 is 2.39 bits per heavy atom. The summed E-state index contributed by atoms with van der Waals surface area (Å²) in [5.74, 6) is 0.217. The van der Waals surface area contributed by atoms with Gasteiger partial charge in [-0.25, -0.2) is 9.97 Å². The maximum absolute atomic E-state index is 12.9. The lowest BCUT2D eigenvalue weighted by molar-refractivity contribution is -0.274. The third-order valence-corrected chi connectivity index (χ3v) is 5.31. The number of aromatic amines is 1. The largest absolute Gasteiger partial charge is 0.573 e. The number of para-hydroxylation sites is 1. The van der Waals surface area contributed by atoms with E-state index in [2.05, 4.69) is 24.8 Å². The minimum Gasteiger partial charge on any atom is -0.479 e. The summed E-state index contributed by atoms with van der Waals surface area (Å²) in [7, 11) is 3.17. The zero-order valence-electron chi connectivity index (χ0n) is 18.5. The molecule has 1 N–H and O–H groups in total. The summed E-state index contributed by atoms with van der Waals surface area (Å²) < 4.78 is 49.9. The smallest absolute Gasteiger partial charge is 0.479 e. The lowest BCUT2D eigenvalue weighted by atomic mass is 9.92. The Kier molecular flexibility index (Phi) is 5.52. The molecule has 0 aliphatic heterocycles. The Hall–Kier alpha value is -3.27. The van der Waals surface area contributed by atoms with Gasteiger partial charge in [0.1, 0.15) is 17.0 Å². The number of aromatic nitrogens is 5. The van der Waals surface area contributed by atoms with Gasteiger partial charge in [0.2, 0.25) is 5.88 Å². The second kappa shape index (κ2) is 7.95. The Morgan fingerprint density at radius 2 is 1.79 bits per heavy atom. The molecule has 0 fully saturated rings. The topological polar surface area (TPSA) is 77.8 Å². The van der Waals surface area contributed by atoms with E-state index in [4.69, 9.17) is 16.3 Å². The van der Waals surface area contributed by atoms with Gasteiger partial charge in [-0.05, 0) is 18.2 Å². The summed E-state index contributed by atoms with van der Waals surface area (Å²) >= 11 is 6.65. The first kappa shape index (κ1) is 22.9. The van der Waals surface area contributed by atoms with Crippen LogP contribution in [0, 0.1) is 0 Å². The maximum Gasteiger partial charge on any atom is 0.573 e. The molecule has 0 saturated heterocycles. The Balaban J connectivity index is 1.88. The molecule has 0 saturated carbocycles. The van der Waals surface area contributed by atoms with E-state index in [1.54, 1.807) is 23.9 Å². The second-order valence-electron chi connectivity index (χ2n) is 8.43. The number of nitrogens with zero attached hydrogens (tertiary/aromatic N) is 4. The second-order valence-corrected chi connectivity index (χ2v) is 8.80. The number of nitrogens with one attached hydrogen (secondary N) is 1. The molecule has 0 atom stereocenters. The monoisotopic (exact) mass is 479 g/mol. The van der Waals surface area contributed by atoms with Crippen molar-refractivity contribution in [1.29, 1.82) is 0 Å². The van der Waals surface area contributed by atoms with Gasteiger partial charge in [0.25, 0.3) is 0 Å². The van der Waals surface area contributed by atoms with E-state index < -0.39 is 6.36 Å². The minimum absolute atomic E-state index is 0.146. The third kappa shape index (κ3) is 4.35. The Labute approximate surface area is 192 Å². The Bertz CT molecular complexity index is 1340. The van der Waals surface area contributed by atoms with Crippen LogP contribution in [0.3, 0.4) is 0 Å². The summed E-state index contributed by atoms with van der Waals surface area (Å²) in [6.45, 7) is 6.01. The van der Waals surface area contributed by atoms with Gasteiger partial charge >= 0.3 is 6.36 Å². The van der Waals surface area contributed by atoms with E-state index in [1.165, 1.54) is 25.3 Å². The summed E-state index contributed by atoms with van der Waals surface area (Å²) in [6.07, 6.45) is -4.84. The summed E-state index contributed by atoms with van der Waals surface area (Å²) in [5.41, 5.74) is 2.27. The molecule has 3 aromatic heterocycles. The minimum atomic E-state index is -4.84. The average Bonchev–Trinajstić information content (AvgIpc) is 3.26. The number of halogens is 4. The number of pyridine rings is 1. The van der Waals surface area contributed by atoms with E-state index in [0.717, 1.165) is 0 Å². The molecule has 7 nitrogen and oxygen atoms in total. The van der Waals surface area contributed by atoms with Crippen molar-refractivity contribution in [2.45, 2.75) is 32.5 Å². The normalized spacial score (nSPS) is 12.4. The molecule has 0 amide bonds. The molecule has 0 radical (unpaired) electrons. The lowest BCUT2D eigenvalue weighted by Crippen LogP contribution is -2.17. The van der Waals surface area contributed by atoms with Crippen LogP contribution in [0.4, 0.5) is 13.2 Å². The van der Waals surface area contributed by atoms with Crippen LogP contribution in [-0.2, 0) is 12.5 Å². The summed E-state index contributed by atoms with van der Waals surface area (Å²) in [6, 6.07) is 7.31. The molecule has 0 unspecified atom stereocenters. The van der Waals surface area contributed by atoms with Crippen LogP contribution in [0.2, 0.25) is 5.02 Å². The van der Waals surface area contributed by atoms with E-state index in [-0.39, 0.29) is 28.3 Å². The highest BCUT2D eigenvalue weighted by Crippen LogP contribution is 2.39. The predicted molar refractivity (Wildman–Crippen MR) is 118 cm³/mol. The van der Waals surface area contributed by atoms with Gasteiger partial charge in [0.15, 0.2) is 5.82 Å². The highest BCUT2D eigenvalue weighted by atomic mass is 35.5. The van der Waals surface area contributed by atoms with Crippen LogP contribution in [-0.4, -0.2) is 38.2 Å². The van der Waals surface area contributed by atoms with E-state index in [1.807, 2.05) is 20.8 Å². The van der Waals surface area contributed by atoms with E-state index in [0.29, 0.717) is 33.3 Å². The number of aryl methyl sites for hydroxylation is 1. The number of hydrogen-bond donors (Lipinski definition) is 1. The quantitative estimate of drug-likeness (QED) is 0.395. The fourth-order valence-electron chi connectivity index (χ4n) is 3.51. The zero-order valence-corrected chi connectivity index (χ0v) is 19.3. The van der Waals surface area contributed by atoms with Gasteiger partial charge in [-0.3, -0.25) is 4.68 Å². The van der Waals surface area contributed by atoms with Crippen molar-refractivity contribution in [1.82, 2.24) is 24.7 Å². The van der Waals surface area contributed by atoms with Gasteiger partial charge in [0, 0.05) is 18.0 Å². The molecule has 1 aromatic carbocycles. The molecule has 0 aliphatic carbocycles. The Morgan fingerprint density at radius 1 is 1.09 bits per heavy atom. The molecule has 0 aliphatic rings. The van der Waals surface area contributed by atoms with Crippen LogP contribution >= 0.6 is 11.6 Å². The van der Waals surface area contributed by atoms with Gasteiger partial charge in [-0.2, -0.15) is 5.10 Å². The molecule has 4 aromatic rings. The number of hydrogen-bond acceptors (Lipinski definition) is 5. The molecule has 3 heterocycles. The van der Waals surface area contributed by atoms with Gasteiger partial charge < -0.3 is 14.5 Å². The third-order valence-electron chi connectivity index (χ3n) is 4.95. The van der Waals surface area contributed by atoms with Crippen LogP contribution in [0.25, 0.3) is 33.8 Å². The summed E-state index contributed by atoms with van der Waals surface area (Å²) in [4.78, 5) is 12.1. The molecule has 174 valence electrons. The number of imidazole rings is 1. The molecule has 0 spiro atoms. The first-order valence-corrected chi connectivity index (χ1v) is 10.3. The van der Waals surface area contributed by atoms with Crippen LogP contribution in [0.15, 0.2) is 30.3 Å². The molecule has 11 heteroatoms. The molecule has 4 rings (SSSR count). The molecule has 33 heavy (non-hydrogen) atoms. The maximum atomic E-state index is 12.9. The first-order chi connectivity index (χ1) is 15.4.